The molecule has 1 unspecified atom stereocenters. The lowest BCUT2D eigenvalue weighted by molar-refractivity contribution is -0.136. The van der Waals surface area contributed by atoms with Gasteiger partial charge in [-0.25, -0.2) is 0 Å². The normalized spacial score (nSPS) is 23.5. The van der Waals surface area contributed by atoms with Gasteiger partial charge in [0.15, 0.2) is 0 Å². The Morgan fingerprint density at radius 1 is 1.07 bits per heavy atom. The zero-order valence-electron chi connectivity index (χ0n) is 17.5. The van der Waals surface area contributed by atoms with Crippen LogP contribution in [0.4, 0.5) is 5.69 Å². The highest BCUT2D eigenvalue weighted by molar-refractivity contribution is 6.01. The second-order valence-corrected chi connectivity index (χ2v) is 9.10. The van der Waals surface area contributed by atoms with E-state index in [0.29, 0.717) is 19.0 Å². The fraction of sp³-hybridized carbons (Fsp3) is 0.652. The number of aryl methyl sites for hydroxylation is 3. The Balaban J connectivity index is 1.35. The lowest BCUT2D eigenvalue weighted by Gasteiger charge is -2.34. The van der Waals surface area contributed by atoms with Gasteiger partial charge < -0.3 is 15.1 Å². The van der Waals surface area contributed by atoms with E-state index in [1.54, 1.807) is 0 Å². The van der Waals surface area contributed by atoms with Gasteiger partial charge >= 0.3 is 0 Å². The fourth-order valence-corrected chi connectivity index (χ4v) is 4.90. The summed E-state index contributed by atoms with van der Waals surface area (Å²) >= 11 is 0. The Hall–Kier alpha value is -1.88. The van der Waals surface area contributed by atoms with Crippen LogP contribution >= 0.6 is 0 Å². The minimum Gasteiger partial charge on any atom is -0.342 e. The van der Waals surface area contributed by atoms with Crippen LogP contribution in [-0.2, 0) is 9.59 Å². The molecule has 1 saturated carbocycles. The van der Waals surface area contributed by atoms with Crippen molar-refractivity contribution in [1.82, 2.24) is 10.2 Å². The van der Waals surface area contributed by atoms with E-state index in [4.69, 9.17) is 0 Å². The summed E-state index contributed by atoms with van der Waals surface area (Å²) in [4.78, 5) is 29.6. The summed E-state index contributed by atoms with van der Waals surface area (Å²) in [5.74, 6) is 0.931. The Morgan fingerprint density at radius 2 is 1.71 bits per heavy atom. The highest BCUT2D eigenvalue weighted by atomic mass is 16.2. The first-order valence-corrected chi connectivity index (χ1v) is 10.8. The molecular formula is C23H33N3O2. The molecule has 0 bridgehead atoms. The second-order valence-electron chi connectivity index (χ2n) is 9.10. The van der Waals surface area contributed by atoms with Gasteiger partial charge in [-0.1, -0.05) is 17.7 Å². The Bertz CT molecular complexity index is 740. The first-order chi connectivity index (χ1) is 13.4. The van der Waals surface area contributed by atoms with E-state index in [0.717, 1.165) is 55.2 Å². The molecule has 2 aliphatic heterocycles. The van der Waals surface area contributed by atoms with Crippen LogP contribution in [0.3, 0.4) is 0 Å². The lowest BCUT2D eigenvalue weighted by atomic mass is 10.0. The number of benzene rings is 1. The summed E-state index contributed by atoms with van der Waals surface area (Å²) in [5.41, 5.74) is 4.42. The molecule has 28 heavy (non-hydrogen) atoms. The molecule has 1 N–H and O–H groups in total. The first-order valence-electron chi connectivity index (χ1n) is 10.8. The smallest absolute Gasteiger partial charge is 0.228 e. The van der Waals surface area contributed by atoms with Crippen LogP contribution in [0.15, 0.2) is 12.1 Å². The molecule has 3 aliphatic rings. The highest BCUT2D eigenvalue weighted by Crippen LogP contribution is 2.33. The van der Waals surface area contributed by atoms with Crippen LogP contribution < -0.4 is 10.2 Å². The Kier molecular flexibility index (Phi) is 5.46. The third-order valence-electron chi connectivity index (χ3n) is 6.58. The van der Waals surface area contributed by atoms with E-state index in [2.05, 4.69) is 38.2 Å². The quantitative estimate of drug-likeness (QED) is 0.851. The van der Waals surface area contributed by atoms with Crippen molar-refractivity contribution in [2.24, 2.45) is 11.8 Å². The van der Waals surface area contributed by atoms with Gasteiger partial charge in [-0.3, -0.25) is 9.59 Å². The summed E-state index contributed by atoms with van der Waals surface area (Å²) in [6, 6.07) is 4.78. The largest absolute Gasteiger partial charge is 0.342 e. The number of hydrogen-bond donors (Lipinski definition) is 1. The van der Waals surface area contributed by atoms with Crippen LogP contribution in [0.1, 0.15) is 48.8 Å². The van der Waals surface area contributed by atoms with Gasteiger partial charge in [-0.15, -0.1) is 0 Å². The molecule has 5 nitrogen and oxygen atoms in total. The maximum Gasteiger partial charge on any atom is 0.228 e. The number of anilines is 1. The number of nitrogens with zero attached hydrogens (tertiary/aromatic N) is 2. The van der Waals surface area contributed by atoms with Gasteiger partial charge in [-0.05, 0) is 70.0 Å². The maximum absolute atomic E-state index is 13.1. The number of hydrogen-bond acceptors (Lipinski definition) is 3. The molecule has 1 aromatic rings. The minimum atomic E-state index is -0.205. The molecule has 0 spiro atoms. The van der Waals surface area contributed by atoms with Crippen LogP contribution in [0.2, 0.25) is 0 Å². The standard InChI is InChI=1S/C23H33N3O2/c1-15-10-16(2)22(17(3)11-15)26-14-19(12-21(26)27)23(28)25-8-6-20(7-9-25)24-13-18-4-5-18/h10-11,18-20,24H,4-9,12-14H2,1-3H3. The predicted molar refractivity (Wildman–Crippen MR) is 111 cm³/mol. The van der Waals surface area contributed by atoms with Crippen LogP contribution in [0.25, 0.3) is 0 Å². The van der Waals surface area contributed by atoms with Crippen molar-refractivity contribution in [3.63, 3.8) is 0 Å². The summed E-state index contributed by atoms with van der Waals surface area (Å²) in [7, 11) is 0. The Labute approximate surface area is 168 Å². The average Bonchev–Trinajstić information content (AvgIpc) is 3.41. The summed E-state index contributed by atoms with van der Waals surface area (Å²) < 4.78 is 0. The van der Waals surface area contributed by atoms with E-state index in [1.165, 1.54) is 18.4 Å². The van der Waals surface area contributed by atoms with E-state index in [-0.39, 0.29) is 17.7 Å². The van der Waals surface area contributed by atoms with Crippen LogP contribution in [0.5, 0.6) is 0 Å². The van der Waals surface area contributed by atoms with Crippen LogP contribution in [0, 0.1) is 32.6 Å². The third kappa shape index (κ3) is 4.09. The van der Waals surface area contributed by atoms with Crippen molar-refractivity contribution < 1.29 is 9.59 Å². The number of carbonyl (C=O) groups is 2. The number of amides is 2. The van der Waals surface area contributed by atoms with Crippen molar-refractivity contribution in [3.05, 3.63) is 28.8 Å². The second kappa shape index (κ2) is 7.86. The SMILES string of the molecule is Cc1cc(C)c(N2CC(C(=O)N3CCC(NCC4CC4)CC3)CC2=O)c(C)c1. The zero-order valence-corrected chi connectivity index (χ0v) is 17.5. The molecule has 0 aromatic heterocycles. The van der Waals surface area contributed by atoms with Gasteiger partial charge in [-0.2, -0.15) is 0 Å². The fourth-order valence-electron chi connectivity index (χ4n) is 4.90. The first kappa shape index (κ1) is 19.4. The molecular weight excluding hydrogens is 350 g/mol. The van der Waals surface area contributed by atoms with Crippen molar-refractivity contribution in [3.8, 4) is 0 Å². The molecule has 2 saturated heterocycles. The van der Waals surface area contributed by atoms with Gasteiger partial charge in [0.25, 0.3) is 0 Å². The molecule has 0 radical (unpaired) electrons. The molecule has 5 heteroatoms. The minimum absolute atomic E-state index is 0.0781. The predicted octanol–water partition coefficient (Wildman–Crippen LogP) is 2.96. The highest BCUT2D eigenvalue weighted by Gasteiger charge is 2.39. The number of rotatable bonds is 5. The topological polar surface area (TPSA) is 52.7 Å². The number of likely N-dealkylation sites (tertiary alicyclic amines) is 1. The van der Waals surface area contributed by atoms with E-state index >= 15 is 0 Å². The van der Waals surface area contributed by atoms with Gasteiger partial charge in [0.1, 0.15) is 0 Å². The Morgan fingerprint density at radius 3 is 2.32 bits per heavy atom. The van der Waals surface area contributed by atoms with Gasteiger partial charge in [0.2, 0.25) is 11.8 Å². The van der Waals surface area contributed by atoms with E-state index < -0.39 is 0 Å². The zero-order chi connectivity index (χ0) is 19.8. The molecule has 3 fully saturated rings. The molecule has 4 rings (SSSR count). The average molecular weight is 384 g/mol. The third-order valence-corrected chi connectivity index (χ3v) is 6.58. The molecule has 1 aliphatic carbocycles. The van der Waals surface area contributed by atoms with Crippen molar-refractivity contribution in [1.29, 1.82) is 0 Å². The van der Waals surface area contributed by atoms with Crippen molar-refractivity contribution >= 4 is 17.5 Å². The lowest BCUT2D eigenvalue weighted by Crippen LogP contribution is -2.47. The summed E-state index contributed by atoms with van der Waals surface area (Å²) in [6.45, 7) is 9.46. The van der Waals surface area contributed by atoms with Crippen molar-refractivity contribution in [2.75, 3.05) is 31.1 Å². The van der Waals surface area contributed by atoms with Crippen molar-refractivity contribution in [2.45, 2.75) is 58.9 Å². The number of piperidine rings is 1. The van der Waals surface area contributed by atoms with E-state index in [1.807, 2.05) is 9.80 Å². The van der Waals surface area contributed by atoms with Gasteiger partial charge in [0, 0.05) is 37.8 Å². The number of carbonyl (C=O) groups excluding carboxylic acids is 2. The monoisotopic (exact) mass is 383 g/mol. The molecule has 2 heterocycles. The molecule has 1 aromatic carbocycles. The molecule has 2 amide bonds. The molecule has 1 atom stereocenters. The number of nitrogens with one attached hydrogen (secondary N) is 1. The maximum atomic E-state index is 13.1. The van der Waals surface area contributed by atoms with E-state index in [9.17, 15) is 9.59 Å². The molecule has 152 valence electrons. The summed E-state index contributed by atoms with van der Waals surface area (Å²) in [5, 5.41) is 3.66. The summed E-state index contributed by atoms with van der Waals surface area (Å²) in [6.07, 6.45) is 5.14. The van der Waals surface area contributed by atoms with Crippen LogP contribution in [-0.4, -0.2) is 48.9 Å². The van der Waals surface area contributed by atoms with Gasteiger partial charge in [0.05, 0.1) is 5.92 Å².